The van der Waals surface area contributed by atoms with Crippen LogP contribution in [0.4, 0.5) is 10.1 Å². The van der Waals surface area contributed by atoms with Gasteiger partial charge in [0.25, 0.3) is 0 Å². The molecule has 0 spiro atoms. The standard InChI is InChI=1S/C21H21FN6O/c1-24-21(28-16-6-4-8-25-12-16)18(22)10-15(20(23)29)11-26-17-9-14-5-2-3-7-19(14)27-13-17/h2-3,5-7,9-10,12-13,26,28H,1,4,8,11H2,(H2,23,29)/b15-10+,21-18-. The number of nitrogens with one attached hydrogen (secondary N) is 2. The predicted molar refractivity (Wildman–Crippen MR) is 114 cm³/mol. The lowest BCUT2D eigenvalue weighted by atomic mass is 10.2. The number of nitrogens with two attached hydrogens (primary N) is 1. The van der Waals surface area contributed by atoms with Gasteiger partial charge in [-0.3, -0.25) is 14.8 Å². The molecule has 1 aliphatic heterocycles. The minimum absolute atomic E-state index is 0.0251. The molecule has 8 heteroatoms. The van der Waals surface area contributed by atoms with Crippen molar-refractivity contribution >= 4 is 35.4 Å². The third-order valence-corrected chi connectivity index (χ3v) is 4.19. The maximum absolute atomic E-state index is 14.7. The van der Waals surface area contributed by atoms with E-state index in [4.69, 9.17) is 5.73 Å². The highest BCUT2D eigenvalue weighted by atomic mass is 19.1. The van der Waals surface area contributed by atoms with Gasteiger partial charge in [-0.1, -0.05) is 24.3 Å². The first-order valence-corrected chi connectivity index (χ1v) is 8.99. The largest absolute Gasteiger partial charge is 0.379 e. The van der Waals surface area contributed by atoms with Gasteiger partial charge in [-0.05, 0) is 31.3 Å². The van der Waals surface area contributed by atoms with Crippen molar-refractivity contribution in [1.82, 2.24) is 10.3 Å². The Hall–Kier alpha value is -3.81. The number of amides is 1. The van der Waals surface area contributed by atoms with E-state index in [0.29, 0.717) is 17.9 Å². The second-order valence-electron chi connectivity index (χ2n) is 6.27. The van der Waals surface area contributed by atoms with Gasteiger partial charge in [-0.2, -0.15) is 0 Å². The van der Waals surface area contributed by atoms with Crippen molar-refractivity contribution in [3.63, 3.8) is 0 Å². The number of hydrogen-bond acceptors (Lipinski definition) is 6. The number of aromatic nitrogens is 1. The molecule has 2 aromatic rings. The molecule has 0 aliphatic carbocycles. The third kappa shape index (κ3) is 5.35. The van der Waals surface area contributed by atoms with Crippen LogP contribution in [-0.2, 0) is 4.79 Å². The molecule has 1 aromatic carbocycles. The molecule has 0 saturated carbocycles. The molecule has 2 heterocycles. The number of allylic oxidation sites excluding steroid dienone is 3. The Morgan fingerprint density at radius 2 is 2.21 bits per heavy atom. The summed E-state index contributed by atoms with van der Waals surface area (Å²) in [6.45, 7) is 4.09. The fraction of sp³-hybridized carbons (Fsp3) is 0.143. The molecular weight excluding hydrogens is 371 g/mol. The quantitative estimate of drug-likeness (QED) is 0.365. The molecule has 0 unspecified atom stereocenters. The number of para-hydroxylation sites is 1. The molecule has 148 valence electrons. The Bertz CT molecular complexity index is 1050. The number of aliphatic imine (C=N–C) groups is 2. The van der Waals surface area contributed by atoms with Crippen LogP contribution in [0.3, 0.4) is 0 Å². The van der Waals surface area contributed by atoms with E-state index in [0.717, 1.165) is 23.4 Å². The normalized spacial score (nSPS) is 14.8. The zero-order chi connectivity index (χ0) is 20.6. The smallest absolute Gasteiger partial charge is 0.246 e. The first-order chi connectivity index (χ1) is 14.1. The molecule has 0 bridgehead atoms. The molecule has 0 radical (unpaired) electrons. The number of pyridine rings is 1. The Morgan fingerprint density at radius 1 is 1.38 bits per heavy atom. The van der Waals surface area contributed by atoms with Crippen molar-refractivity contribution in [1.29, 1.82) is 0 Å². The van der Waals surface area contributed by atoms with Crippen molar-refractivity contribution < 1.29 is 9.18 Å². The first kappa shape index (κ1) is 19.9. The number of benzene rings is 1. The van der Waals surface area contributed by atoms with E-state index >= 15 is 0 Å². The number of halogens is 1. The number of hydrogen-bond donors (Lipinski definition) is 3. The fourth-order valence-electron chi connectivity index (χ4n) is 2.70. The zero-order valence-electron chi connectivity index (χ0n) is 15.7. The first-order valence-electron chi connectivity index (χ1n) is 8.99. The third-order valence-electron chi connectivity index (χ3n) is 4.19. The predicted octanol–water partition coefficient (Wildman–Crippen LogP) is 2.85. The molecular formula is C21H21FN6O. The minimum Gasteiger partial charge on any atom is -0.379 e. The van der Waals surface area contributed by atoms with Gasteiger partial charge >= 0.3 is 0 Å². The van der Waals surface area contributed by atoms with E-state index in [2.05, 4.69) is 32.3 Å². The highest BCUT2D eigenvalue weighted by molar-refractivity contribution is 5.93. The summed E-state index contributed by atoms with van der Waals surface area (Å²) in [5, 5.41) is 6.79. The molecule has 1 aromatic heterocycles. The van der Waals surface area contributed by atoms with Gasteiger partial charge in [-0.15, -0.1) is 0 Å². The molecule has 0 saturated heterocycles. The summed E-state index contributed by atoms with van der Waals surface area (Å²) in [5.41, 5.74) is 7.61. The number of nitrogens with zero attached hydrogens (tertiary/aromatic N) is 3. The van der Waals surface area contributed by atoms with Crippen LogP contribution >= 0.6 is 0 Å². The Kier molecular flexibility index (Phi) is 6.47. The van der Waals surface area contributed by atoms with Crippen LogP contribution in [-0.4, -0.2) is 36.9 Å². The molecule has 0 atom stereocenters. The Balaban J connectivity index is 1.76. The molecule has 29 heavy (non-hydrogen) atoms. The van der Waals surface area contributed by atoms with E-state index in [9.17, 15) is 9.18 Å². The van der Waals surface area contributed by atoms with Gasteiger partial charge in [0.15, 0.2) is 11.6 Å². The summed E-state index contributed by atoms with van der Waals surface area (Å²) in [5.74, 6) is -1.62. The molecule has 7 nitrogen and oxygen atoms in total. The topological polar surface area (TPSA) is 105 Å². The number of anilines is 1. The number of fused-ring (bicyclic) bond motifs is 1. The average Bonchev–Trinajstić information content (AvgIpc) is 2.75. The van der Waals surface area contributed by atoms with Gasteiger partial charge in [0.05, 0.1) is 23.1 Å². The van der Waals surface area contributed by atoms with Crippen molar-refractivity contribution in [2.24, 2.45) is 15.7 Å². The van der Waals surface area contributed by atoms with Crippen molar-refractivity contribution in [3.8, 4) is 0 Å². The van der Waals surface area contributed by atoms with Crippen molar-refractivity contribution in [2.75, 3.05) is 18.4 Å². The fourth-order valence-corrected chi connectivity index (χ4v) is 2.70. The van der Waals surface area contributed by atoms with Gasteiger partial charge in [-0.25, -0.2) is 9.38 Å². The summed E-state index contributed by atoms with van der Waals surface area (Å²) >= 11 is 0. The zero-order valence-corrected chi connectivity index (χ0v) is 15.7. The Labute approximate surface area is 167 Å². The second-order valence-corrected chi connectivity index (χ2v) is 6.27. The highest BCUT2D eigenvalue weighted by Crippen LogP contribution is 2.17. The molecule has 1 amide bonds. The molecule has 3 rings (SSSR count). The van der Waals surface area contributed by atoms with Crippen LogP contribution in [0.15, 0.2) is 81.6 Å². The summed E-state index contributed by atoms with van der Waals surface area (Å²) in [7, 11) is 0. The minimum atomic E-state index is -0.757. The molecule has 4 N–H and O–H groups in total. The lowest BCUT2D eigenvalue weighted by Gasteiger charge is -2.11. The van der Waals surface area contributed by atoms with Crippen molar-refractivity contribution in [3.05, 3.63) is 71.6 Å². The van der Waals surface area contributed by atoms with Crippen LogP contribution in [0.2, 0.25) is 0 Å². The monoisotopic (exact) mass is 392 g/mol. The SMILES string of the molecule is C=N/C(NC1=CCCN=C1)=C(F)\C=C(/CNc1cnc2ccccc2c1)C(N)=O. The van der Waals surface area contributed by atoms with Gasteiger partial charge in [0.2, 0.25) is 5.91 Å². The molecule has 1 aliphatic rings. The van der Waals surface area contributed by atoms with Gasteiger partial charge in [0, 0.05) is 30.3 Å². The maximum atomic E-state index is 14.7. The van der Waals surface area contributed by atoms with Crippen molar-refractivity contribution in [2.45, 2.75) is 6.42 Å². The lowest BCUT2D eigenvalue weighted by Crippen LogP contribution is -2.21. The number of rotatable bonds is 8. The number of carbonyl (C=O) groups is 1. The van der Waals surface area contributed by atoms with E-state index in [1.165, 1.54) is 0 Å². The maximum Gasteiger partial charge on any atom is 0.246 e. The van der Waals surface area contributed by atoms with Crippen LogP contribution in [0.5, 0.6) is 0 Å². The van der Waals surface area contributed by atoms with E-state index in [1.54, 1.807) is 12.4 Å². The highest BCUT2D eigenvalue weighted by Gasteiger charge is 2.11. The second kappa shape index (κ2) is 9.41. The summed E-state index contributed by atoms with van der Waals surface area (Å²) in [6, 6.07) is 9.53. The van der Waals surface area contributed by atoms with E-state index < -0.39 is 11.7 Å². The Morgan fingerprint density at radius 3 is 2.93 bits per heavy atom. The van der Waals surface area contributed by atoms with Crippen LogP contribution in [0, 0.1) is 0 Å². The number of primary amides is 1. The van der Waals surface area contributed by atoms with Gasteiger partial charge < -0.3 is 16.4 Å². The van der Waals surface area contributed by atoms with Gasteiger partial charge in [0.1, 0.15) is 0 Å². The summed E-state index contributed by atoms with van der Waals surface area (Å²) in [6.07, 6.45) is 6.89. The van der Waals surface area contributed by atoms with E-state index in [-0.39, 0.29) is 17.9 Å². The summed E-state index contributed by atoms with van der Waals surface area (Å²) in [4.78, 5) is 23.9. The van der Waals surface area contributed by atoms with Crippen LogP contribution in [0.1, 0.15) is 6.42 Å². The van der Waals surface area contributed by atoms with Crippen LogP contribution < -0.4 is 16.4 Å². The van der Waals surface area contributed by atoms with E-state index in [1.807, 2.05) is 36.4 Å². The summed E-state index contributed by atoms with van der Waals surface area (Å²) < 4.78 is 14.7. The lowest BCUT2D eigenvalue weighted by molar-refractivity contribution is -0.114. The average molecular weight is 392 g/mol. The number of carbonyl (C=O) groups excluding carboxylic acids is 1. The van der Waals surface area contributed by atoms with Crippen LogP contribution in [0.25, 0.3) is 10.9 Å². The number of dihydropyridines is 1. The molecule has 0 fully saturated rings.